The molecule has 0 saturated heterocycles. The molecule has 1 heterocycles. The minimum Gasteiger partial charge on any atom is -0.493 e. The standard InChI is InChI=1S/C17H18BrNO/c18-13-5-3-4-12(10-13)11-16(19)14-8-9-20-17-7-2-1-6-15(14)17/h1-7,10,14,16H,8-9,11,19H2. The van der Waals surface area contributed by atoms with Crippen LogP contribution in [0.15, 0.2) is 53.0 Å². The zero-order chi connectivity index (χ0) is 13.9. The molecule has 0 fully saturated rings. The molecule has 3 heteroatoms. The predicted molar refractivity (Wildman–Crippen MR) is 85.1 cm³/mol. The fraction of sp³-hybridized carbons (Fsp3) is 0.294. The van der Waals surface area contributed by atoms with Crippen LogP contribution in [0.2, 0.25) is 0 Å². The maximum absolute atomic E-state index is 6.47. The minimum atomic E-state index is 0.120. The van der Waals surface area contributed by atoms with Gasteiger partial charge in [-0.3, -0.25) is 0 Å². The third kappa shape index (κ3) is 2.89. The lowest BCUT2D eigenvalue weighted by Crippen LogP contribution is -2.34. The maximum atomic E-state index is 6.47. The quantitative estimate of drug-likeness (QED) is 0.926. The number of nitrogens with two attached hydrogens (primary N) is 1. The first kappa shape index (κ1) is 13.7. The summed E-state index contributed by atoms with van der Waals surface area (Å²) < 4.78 is 6.82. The lowest BCUT2D eigenvalue weighted by Gasteiger charge is -2.30. The number of hydrogen-bond acceptors (Lipinski definition) is 2. The Morgan fingerprint density at radius 3 is 2.90 bits per heavy atom. The molecule has 2 aromatic carbocycles. The summed E-state index contributed by atoms with van der Waals surface area (Å²) in [5, 5.41) is 0. The minimum absolute atomic E-state index is 0.120. The van der Waals surface area contributed by atoms with Gasteiger partial charge in [0.2, 0.25) is 0 Å². The summed E-state index contributed by atoms with van der Waals surface area (Å²) >= 11 is 3.51. The van der Waals surface area contributed by atoms with Crippen molar-refractivity contribution in [3.05, 3.63) is 64.1 Å². The highest BCUT2D eigenvalue weighted by Crippen LogP contribution is 2.35. The van der Waals surface area contributed by atoms with E-state index >= 15 is 0 Å². The van der Waals surface area contributed by atoms with Gasteiger partial charge in [-0.05, 0) is 42.2 Å². The molecule has 2 aromatic rings. The summed E-state index contributed by atoms with van der Waals surface area (Å²) in [6.07, 6.45) is 1.88. The van der Waals surface area contributed by atoms with Crippen LogP contribution in [-0.4, -0.2) is 12.6 Å². The average molecular weight is 332 g/mol. The normalized spacial score (nSPS) is 19.0. The second-order valence-electron chi connectivity index (χ2n) is 5.28. The highest BCUT2D eigenvalue weighted by molar-refractivity contribution is 9.10. The number of para-hydroxylation sites is 1. The maximum Gasteiger partial charge on any atom is 0.122 e. The predicted octanol–water partition coefficient (Wildman–Crippen LogP) is 3.89. The van der Waals surface area contributed by atoms with Gasteiger partial charge in [0.1, 0.15) is 5.75 Å². The molecule has 0 radical (unpaired) electrons. The zero-order valence-electron chi connectivity index (χ0n) is 11.3. The number of halogens is 1. The van der Waals surface area contributed by atoms with E-state index in [0.717, 1.165) is 29.7 Å². The molecule has 20 heavy (non-hydrogen) atoms. The Morgan fingerprint density at radius 2 is 2.05 bits per heavy atom. The van der Waals surface area contributed by atoms with Gasteiger partial charge in [-0.1, -0.05) is 46.3 Å². The Morgan fingerprint density at radius 1 is 1.20 bits per heavy atom. The van der Waals surface area contributed by atoms with Crippen molar-refractivity contribution in [1.29, 1.82) is 0 Å². The Balaban J connectivity index is 1.80. The second-order valence-corrected chi connectivity index (χ2v) is 6.20. The number of hydrogen-bond donors (Lipinski definition) is 1. The van der Waals surface area contributed by atoms with Crippen molar-refractivity contribution in [3.63, 3.8) is 0 Å². The fourth-order valence-corrected chi connectivity index (χ4v) is 3.34. The molecule has 1 aliphatic heterocycles. The van der Waals surface area contributed by atoms with E-state index < -0.39 is 0 Å². The lowest BCUT2D eigenvalue weighted by atomic mass is 9.84. The summed E-state index contributed by atoms with van der Waals surface area (Å²) in [6, 6.07) is 16.7. The van der Waals surface area contributed by atoms with Crippen molar-refractivity contribution < 1.29 is 4.74 Å². The van der Waals surface area contributed by atoms with Crippen molar-refractivity contribution in [2.24, 2.45) is 5.73 Å². The number of rotatable bonds is 3. The van der Waals surface area contributed by atoms with Gasteiger partial charge in [0.15, 0.2) is 0 Å². The monoisotopic (exact) mass is 331 g/mol. The van der Waals surface area contributed by atoms with Gasteiger partial charge in [-0.25, -0.2) is 0 Å². The van der Waals surface area contributed by atoms with E-state index in [1.54, 1.807) is 0 Å². The van der Waals surface area contributed by atoms with Gasteiger partial charge in [-0.15, -0.1) is 0 Å². The molecule has 1 aliphatic rings. The molecular weight excluding hydrogens is 314 g/mol. The molecule has 0 amide bonds. The third-order valence-corrected chi connectivity index (χ3v) is 4.38. The highest BCUT2D eigenvalue weighted by atomic mass is 79.9. The van der Waals surface area contributed by atoms with Crippen molar-refractivity contribution in [3.8, 4) is 5.75 Å². The molecule has 0 spiro atoms. The van der Waals surface area contributed by atoms with E-state index in [1.807, 2.05) is 18.2 Å². The number of ether oxygens (including phenoxy) is 1. The van der Waals surface area contributed by atoms with Gasteiger partial charge in [-0.2, -0.15) is 0 Å². The van der Waals surface area contributed by atoms with Gasteiger partial charge in [0.25, 0.3) is 0 Å². The molecule has 0 aromatic heterocycles. The van der Waals surface area contributed by atoms with Crippen LogP contribution in [-0.2, 0) is 6.42 Å². The SMILES string of the molecule is NC(Cc1cccc(Br)c1)C1CCOc2ccccc21. The molecule has 0 saturated carbocycles. The molecule has 2 atom stereocenters. The number of benzene rings is 2. The zero-order valence-corrected chi connectivity index (χ0v) is 12.8. The Kier molecular flexibility index (Phi) is 4.08. The molecule has 104 valence electrons. The topological polar surface area (TPSA) is 35.2 Å². The van der Waals surface area contributed by atoms with Gasteiger partial charge in [0.05, 0.1) is 6.61 Å². The summed E-state index contributed by atoms with van der Waals surface area (Å²) in [5.41, 5.74) is 9.00. The molecule has 3 rings (SSSR count). The van der Waals surface area contributed by atoms with E-state index in [1.165, 1.54) is 11.1 Å². The van der Waals surface area contributed by atoms with Crippen LogP contribution >= 0.6 is 15.9 Å². The molecular formula is C17H18BrNO. The van der Waals surface area contributed by atoms with Gasteiger partial charge >= 0.3 is 0 Å². The summed E-state index contributed by atoms with van der Waals surface area (Å²) in [7, 11) is 0. The second kappa shape index (κ2) is 5.98. The van der Waals surface area contributed by atoms with Gasteiger partial charge < -0.3 is 10.5 Å². The van der Waals surface area contributed by atoms with Crippen molar-refractivity contribution in [2.45, 2.75) is 24.8 Å². The largest absolute Gasteiger partial charge is 0.493 e. The molecule has 0 bridgehead atoms. The van der Waals surface area contributed by atoms with Crippen LogP contribution < -0.4 is 10.5 Å². The van der Waals surface area contributed by atoms with Crippen LogP contribution in [0.1, 0.15) is 23.5 Å². The smallest absolute Gasteiger partial charge is 0.122 e. The average Bonchev–Trinajstić information content (AvgIpc) is 2.46. The first-order valence-corrected chi connectivity index (χ1v) is 7.75. The highest BCUT2D eigenvalue weighted by Gasteiger charge is 2.26. The van der Waals surface area contributed by atoms with Crippen molar-refractivity contribution >= 4 is 15.9 Å². The van der Waals surface area contributed by atoms with E-state index in [0.29, 0.717) is 5.92 Å². The van der Waals surface area contributed by atoms with Gasteiger partial charge in [0, 0.05) is 16.4 Å². The number of fused-ring (bicyclic) bond motifs is 1. The van der Waals surface area contributed by atoms with Crippen LogP contribution in [0.4, 0.5) is 0 Å². The van der Waals surface area contributed by atoms with E-state index in [-0.39, 0.29) is 6.04 Å². The Hall–Kier alpha value is -1.32. The van der Waals surface area contributed by atoms with Crippen LogP contribution in [0.25, 0.3) is 0 Å². The third-order valence-electron chi connectivity index (χ3n) is 3.88. The van der Waals surface area contributed by atoms with E-state index in [4.69, 9.17) is 10.5 Å². The molecule has 2 N–H and O–H groups in total. The lowest BCUT2D eigenvalue weighted by molar-refractivity contribution is 0.254. The fourth-order valence-electron chi connectivity index (χ4n) is 2.89. The first-order valence-electron chi connectivity index (χ1n) is 6.96. The van der Waals surface area contributed by atoms with Crippen LogP contribution in [0.3, 0.4) is 0 Å². The van der Waals surface area contributed by atoms with Crippen LogP contribution in [0.5, 0.6) is 5.75 Å². The molecule has 2 nitrogen and oxygen atoms in total. The van der Waals surface area contributed by atoms with E-state index in [2.05, 4.69) is 46.3 Å². The molecule has 2 unspecified atom stereocenters. The Labute approximate surface area is 128 Å². The van der Waals surface area contributed by atoms with Crippen molar-refractivity contribution in [1.82, 2.24) is 0 Å². The van der Waals surface area contributed by atoms with E-state index in [9.17, 15) is 0 Å². The summed E-state index contributed by atoms with van der Waals surface area (Å²) in [5.74, 6) is 1.37. The first-order chi connectivity index (χ1) is 9.74. The summed E-state index contributed by atoms with van der Waals surface area (Å²) in [6.45, 7) is 0.758. The molecule has 0 aliphatic carbocycles. The van der Waals surface area contributed by atoms with Crippen molar-refractivity contribution in [2.75, 3.05) is 6.61 Å². The van der Waals surface area contributed by atoms with Crippen LogP contribution in [0, 0.1) is 0 Å². The summed E-state index contributed by atoms with van der Waals surface area (Å²) in [4.78, 5) is 0. The Bertz CT molecular complexity index is 599.